The molecule has 2 rings (SSSR count). The summed E-state index contributed by atoms with van der Waals surface area (Å²) in [6.07, 6.45) is 5.34. The van der Waals surface area contributed by atoms with Crippen molar-refractivity contribution in [3.05, 3.63) is 65.2 Å². The minimum atomic E-state index is -0.369. The number of hydrogen-bond acceptors (Lipinski definition) is 6. The van der Waals surface area contributed by atoms with Crippen LogP contribution in [0.5, 0.6) is 17.2 Å². The number of phenolic OH excluding ortho intramolecular Hbond substituents is 1. The van der Waals surface area contributed by atoms with Gasteiger partial charge in [0.2, 0.25) is 0 Å². The summed E-state index contributed by atoms with van der Waals surface area (Å²) >= 11 is 0. The summed E-state index contributed by atoms with van der Waals surface area (Å²) in [5.41, 5.74) is 1.64. The van der Waals surface area contributed by atoms with Crippen molar-refractivity contribution >= 4 is 23.7 Å². The van der Waals surface area contributed by atoms with Gasteiger partial charge in [0.15, 0.2) is 23.1 Å². The molecule has 0 spiro atoms. The zero-order valence-corrected chi connectivity index (χ0v) is 14.8. The Hall–Kier alpha value is -3.38. The highest BCUT2D eigenvalue weighted by atomic mass is 16.5. The number of allylic oxidation sites excluding steroid dienone is 2. The summed E-state index contributed by atoms with van der Waals surface area (Å²) in [4.78, 5) is 23.8. The molecule has 6 nitrogen and oxygen atoms in total. The second-order valence-electron chi connectivity index (χ2n) is 5.75. The molecule has 3 N–H and O–H groups in total. The molecule has 0 saturated heterocycles. The van der Waals surface area contributed by atoms with Crippen LogP contribution in [0.2, 0.25) is 0 Å². The first-order valence-electron chi connectivity index (χ1n) is 8.14. The van der Waals surface area contributed by atoms with Crippen molar-refractivity contribution in [2.75, 3.05) is 7.11 Å². The quantitative estimate of drug-likeness (QED) is 0.489. The van der Waals surface area contributed by atoms with Gasteiger partial charge >= 0.3 is 0 Å². The maximum absolute atomic E-state index is 11.9. The standard InChI is InChI=1S/C21H20O6/c1-27-21-11-15(5-9-20(21)26)3-7-18(24)12-17(23)6-2-14-4-8-19(25)16(10-14)13-22/h2-11,22,25-26H,12-13H2,1H3/b6-2?,7-3+. The summed E-state index contributed by atoms with van der Waals surface area (Å²) in [5, 5.41) is 28.2. The van der Waals surface area contributed by atoms with Gasteiger partial charge in [0.05, 0.1) is 20.1 Å². The Kier molecular flexibility index (Phi) is 6.91. The van der Waals surface area contributed by atoms with Gasteiger partial charge in [0.25, 0.3) is 0 Å². The summed E-state index contributed by atoms with van der Waals surface area (Å²) < 4.78 is 4.99. The lowest BCUT2D eigenvalue weighted by Crippen LogP contribution is -2.01. The van der Waals surface area contributed by atoms with Gasteiger partial charge in [-0.1, -0.05) is 24.3 Å². The predicted octanol–water partition coefficient (Wildman–Crippen LogP) is 2.85. The maximum atomic E-state index is 11.9. The van der Waals surface area contributed by atoms with Gasteiger partial charge in [0, 0.05) is 5.56 Å². The number of aliphatic hydroxyl groups is 1. The highest BCUT2D eigenvalue weighted by Crippen LogP contribution is 2.26. The van der Waals surface area contributed by atoms with Crippen molar-refractivity contribution in [1.29, 1.82) is 0 Å². The predicted molar refractivity (Wildman–Crippen MR) is 101 cm³/mol. The van der Waals surface area contributed by atoms with Crippen LogP contribution in [0.4, 0.5) is 0 Å². The van der Waals surface area contributed by atoms with Crippen LogP contribution in [0.1, 0.15) is 23.1 Å². The van der Waals surface area contributed by atoms with E-state index >= 15 is 0 Å². The summed E-state index contributed by atoms with van der Waals surface area (Å²) in [6.45, 7) is -0.313. The van der Waals surface area contributed by atoms with Gasteiger partial charge in [-0.2, -0.15) is 0 Å². The number of methoxy groups -OCH3 is 1. The molecule has 0 heterocycles. The van der Waals surface area contributed by atoms with Crippen molar-refractivity contribution in [3.63, 3.8) is 0 Å². The van der Waals surface area contributed by atoms with Crippen LogP contribution in [-0.4, -0.2) is 34.0 Å². The van der Waals surface area contributed by atoms with Crippen LogP contribution >= 0.6 is 0 Å². The van der Waals surface area contributed by atoms with E-state index in [0.29, 0.717) is 22.4 Å². The molecule has 6 heteroatoms. The van der Waals surface area contributed by atoms with Crippen LogP contribution in [-0.2, 0) is 16.2 Å². The molecular weight excluding hydrogens is 348 g/mol. The van der Waals surface area contributed by atoms with E-state index in [-0.39, 0.29) is 36.1 Å². The van der Waals surface area contributed by atoms with E-state index in [1.165, 1.54) is 43.5 Å². The normalized spacial score (nSPS) is 11.2. The Labute approximate surface area is 156 Å². The van der Waals surface area contributed by atoms with Crippen molar-refractivity contribution in [2.24, 2.45) is 0 Å². The minimum absolute atomic E-state index is 0.000113. The summed E-state index contributed by atoms with van der Waals surface area (Å²) in [6, 6.07) is 9.22. The lowest BCUT2D eigenvalue weighted by Gasteiger charge is -2.03. The number of rotatable bonds is 8. The van der Waals surface area contributed by atoms with Crippen molar-refractivity contribution < 1.29 is 29.6 Å². The molecule has 0 aliphatic carbocycles. The number of hydrogen-bond donors (Lipinski definition) is 3. The Bertz CT molecular complexity index is 822. The largest absolute Gasteiger partial charge is 0.508 e. The molecule has 140 valence electrons. The topological polar surface area (TPSA) is 104 Å². The van der Waals surface area contributed by atoms with E-state index in [1.54, 1.807) is 24.3 Å². The Morgan fingerprint density at radius 2 is 1.48 bits per heavy atom. The number of benzene rings is 2. The van der Waals surface area contributed by atoms with Crippen LogP contribution in [0, 0.1) is 0 Å². The molecule has 0 amide bonds. The molecule has 0 saturated carbocycles. The van der Waals surface area contributed by atoms with Gasteiger partial charge in [0.1, 0.15) is 5.75 Å². The van der Waals surface area contributed by atoms with E-state index in [0.717, 1.165) is 0 Å². The number of ketones is 2. The van der Waals surface area contributed by atoms with Gasteiger partial charge in [-0.15, -0.1) is 0 Å². The molecule has 0 radical (unpaired) electrons. The van der Waals surface area contributed by atoms with Crippen LogP contribution in [0.3, 0.4) is 0 Å². The monoisotopic (exact) mass is 368 g/mol. The molecule has 0 aliphatic heterocycles. The Morgan fingerprint density at radius 3 is 2.04 bits per heavy atom. The molecule has 0 atom stereocenters. The van der Waals surface area contributed by atoms with Crippen LogP contribution in [0.15, 0.2) is 48.6 Å². The van der Waals surface area contributed by atoms with E-state index in [4.69, 9.17) is 9.84 Å². The lowest BCUT2D eigenvalue weighted by molar-refractivity contribution is -0.121. The summed E-state index contributed by atoms with van der Waals surface area (Å²) in [5.74, 6) is -0.461. The zero-order valence-electron chi connectivity index (χ0n) is 14.8. The second-order valence-corrected chi connectivity index (χ2v) is 5.75. The molecule has 2 aromatic rings. The maximum Gasteiger partial charge on any atom is 0.163 e. The van der Waals surface area contributed by atoms with Gasteiger partial charge < -0.3 is 20.1 Å². The van der Waals surface area contributed by atoms with E-state index < -0.39 is 0 Å². The van der Waals surface area contributed by atoms with Gasteiger partial charge in [-0.3, -0.25) is 9.59 Å². The lowest BCUT2D eigenvalue weighted by atomic mass is 10.1. The Morgan fingerprint density at radius 1 is 0.926 bits per heavy atom. The smallest absolute Gasteiger partial charge is 0.163 e. The van der Waals surface area contributed by atoms with Crippen molar-refractivity contribution in [3.8, 4) is 17.2 Å². The summed E-state index contributed by atoms with van der Waals surface area (Å²) in [7, 11) is 1.43. The van der Waals surface area contributed by atoms with Crippen molar-refractivity contribution in [2.45, 2.75) is 13.0 Å². The van der Waals surface area contributed by atoms with Crippen molar-refractivity contribution in [1.82, 2.24) is 0 Å². The Balaban J connectivity index is 1.96. The first-order valence-corrected chi connectivity index (χ1v) is 8.14. The fourth-order valence-corrected chi connectivity index (χ4v) is 2.30. The SMILES string of the molecule is COc1cc(/C=C/C(=O)CC(=O)C=Cc2ccc(O)c(CO)c2)ccc1O. The molecule has 0 bridgehead atoms. The third-order valence-electron chi connectivity index (χ3n) is 3.75. The number of aliphatic hydroxyl groups excluding tert-OH is 1. The van der Waals surface area contributed by atoms with E-state index in [2.05, 4.69) is 0 Å². The second kappa shape index (κ2) is 9.35. The highest BCUT2D eigenvalue weighted by molar-refractivity contribution is 6.10. The molecular formula is C21H20O6. The fourth-order valence-electron chi connectivity index (χ4n) is 2.30. The van der Waals surface area contributed by atoms with E-state index in [9.17, 15) is 19.8 Å². The van der Waals surface area contributed by atoms with Gasteiger partial charge in [-0.25, -0.2) is 0 Å². The molecule has 0 aromatic heterocycles. The van der Waals surface area contributed by atoms with Crippen LogP contribution < -0.4 is 4.74 Å². The first kappa shape index (κ1) is 19.9. The average Bonchev–Trinajstić information content (AvgIpc) is 2.66. The van der Waals surface area contributed by atoms with E-state index in [1.807, 2.05) is 0 Å². The van der Waals surface area contributed by atoms with Crippen LogP contribution in [0.25, 0.3) is 12.2 Å². The number of carbonyl (C=O) groups is 2. The number of carbonyl (C=O) groups excluding carboxylic acids is 2. The average molecular weight is 368 g/mol. The number of phenols is 2. The van der Waals surface area contributed by atoms with Gasteiger partial charge in [-0.05, 0) is 47.5 Å². The first-order chi connectivity index (χ1) is 12.9. The fraction of sp³-hybridized carbons (Fsp3) is 0.143. The molecule has 2 aromatic carbocycles. The molecule has 0 unspecified atom stereocenters. The minimum Gasteiger partial charge on any atom is -0.508 e. The zero-order chi connectivity index (χ0) is 19.8. The molecule has 0 aliphatic rings. The molecule has 27 heavy (non-hydrogen) atoms. The number of aromatic hydroxyl groups is 2. The highest BCUT2D eigenvalue weighted by Gasteiger charge is 2.05. The number of ether oxygens (including phenoxy) is 1. The molecule has 0 fully saturated rings. The third kappa shape index (κ3) is 5.83. The third-order valence-corrected chi connectivity index (χ3v) is 3.75.